The number of aromatic nitrogens is 1. The van der Waals surface area contributed by atoms with Crippen LogP contribution in [-0.4, -0.2) is 23.7 Å². The van der Waals surface area contributed by atoms with Crippen LogP contribution in [0.5, 0.6) is 0 Å². The zero-order valence-electron chi connectivity index (χ0n) is 17.4. The Balaban J connectivity index is 1.59. The van der Waals surface area contributed by atoms with Crippen molar-refractivity contribution in [3.63, 3.8) is 0 Å². The number of urea groups is 1. The third-order valence-corrected chi connectivity index (χ3v) is 7.00. The maximum absolute atomic E-state index is 12.8. The highest BCUT2D eigenvalue weighted by Crippen LogP contribution is 2.40. The number of carbonyl (C=O) groups is 2. The van der Waals surface area contributed by atoms with Crippen molar-refractivity contribution in [2.45, 2.75) is 38.6 Å². The molecule has 0 radical (unpaired) electrons. The number of hydrogen-bond acceptors (Lipinski definition) is 4. The van der Waals surface area contributed by atoms with Crippen LogP contribution in [0.25, 0.3) is 5.00 Å². The lowest BCUT2D eigenvalue weighted by Gasteiger charge is -2.20. The monoisotopic (exact) mass is 457 g/mol. The summed E-state index contributed by atoms with van der Waals surface area (Å²) in [4.78, 5) is 26.3. The van der Waals surface area contributed by atoms with Gasteiger partial charge in [0.15, 0.2) is 0 Å². The smallest absolute Gasteiger partial charge is 0.339 e. The van der Waals surface area contributed by atoms with Gasteiger partial charge in [-0.25, -0.2) is 9.59 Å². The number of halogens is 1. The fraction of sp³-hybridized carbons (Fsp3) is 0.304. The van der Waals surface area contributed by atoms with E-state index in [4.69, 9.17) is 16.3 Å². The number of anilines is 1. The fourth-order valence-electron chi connectivity index (χ4n) is 4.02. The average Bonchev–Trinajstić information content (AvgIpc) is 3.40. The number of amides is 2. The molecule has 0 saturated heterocycles. The van der Waals surface area contributed by atoms with Crippen LogP contribution in [0.3, 0.4) is 0 Å². The van der Waals surface area contributed by atoms with Gasteiger partial charge in [0.1, 0.15) is 5.00 Å². The Morgan fingerprint density at radius 2 is 1.94 bits per heavy atom. The SMILES string of the molecule is COC(=O)c1ccc(Cl)cc1NC(=O)N[C@H](C)c1c(-n2cccc2)sc2c1CCCC2. The summed E-state index contributed by atoms with van der Waals surface area (Å²) in [5.74, 6) is -0.540. The van der Waals surface area contributed by atoms with Crippen LogP contribution in [0, 0.1) is 0 Å². The predicted molar refractivity (Wildman–Crippen MR) is 124 cm³/mol. The first-order valence-corrected chi connectivity index (χ1v) is 11.4. The molecule has 1 aliphatic carbocycles. The maximum Gasteiger partial charge on any atom is 0.339 e. The van der Waals surface area contributed by atoms with E-state index < -0.39 is 12.0 Å². The van der Waals surface area contributed by atoms with Gasteiger partial charge >= 0.3 is 12.0 Å². The fourth-order valence-corrected chi connectivity index (χ4v) is 5.64. The summed E-state index contributed by atoms with van der Waals surface area (Å²) in [6.45, 7) is 1.99. The standard InChI is InChI=1S/C23H24ClN3O3S/c1-14(25-23(29)26-18-13-15(24)9-10-16(18)22(28)30-2)20-17-7-3-4-8-19(17)31-21(20)27-11-5-6-12-27/h5-6,9-14H,3-4,7-8H2,1-2H3,(H2,25,26,29)/t14-/m1/s1. The Labute approximate surface area is 190 Å². The van der Waals surface area contributed by atoms with E-state index in [0.717, 1.165) is 29.8 Å². The van der Waals surface area contributed by atoms with Gasteiger partial charge in [0.25, 0.3) is 0 Å². The molecule has 4 rings (SSSR count). The highest BCUT2D eigenvalue weighted by molar-refractivity contribution is 7.15. The molecular weight excluding hydrogens is 434 g/mol. The average molecular weight is 458 g/mol. The molecule has 2 amide bonds. The molecule has 1 atom stereocenters. The molecule has 0 aliphatic heterocycles. The minimum atomic E-state index is -0.540. The van der Waals surface area contributed by atoms with E-state index >= 15 is 0 Å². The van der Waals surface area contributed by atoms with Crippen LogP contribution in [0.1, 0.15) is 52.2 Å². The minimum Gasteiger partial charge on any atom is -0.465 e. The Hall–Kier alpha value is -2.77. The number of thiophene rings is 1. The second-order valence-corrected chi connectivity index (χ2v) is 9.04. The van der Waals surface area contributed by atoms with Crippen LogP contribution in [-0.2, 0) is 17.6 Å². The first-order valence-electron chi connectivity index (χ1n) is 10.2. The molecule has 0 bridgehead atoms. The van der Waals surface area contributed by atoms with E-state index in [1.165, 1.54) is 36.1 Å². The van der Waals surface area contributed by atoms with Crippen LogP contribution in [0.2, 0.25) is 5.02 Å². The first-order chi connectivity index (χ1) is 15.0. The second-order valence-electron chi connectivity index (χ2n) is 7.52. The zero-order chi connectivity index (χ0) is 22.0. The molecular formula is C23H24ClN3O3S. The van der Waals surface area contributed by atoms with Gasteiger partial charge in [-0.15, -0.1) is 11.3 Å². The van der Waals surface area contributed by atoms with E-state index in [2.05, 4.69) is 15.2 Å². The molecule has 1 aliphatic rings. The van der Waals surface area contributed by atoms with E-state index in [-0.39, 0.29) is 11.6 Å². The number of benzene rings is 1. The summed E-state index contributed by atoms with van der Waals surface area (Å²) in [7, 11) is 1.30. The predicted octanol–water partition coefficient (Wildman–Crippen LogP) is 5.74. The van der Waals surface area contributed by atoms with Crippen molar-refractivity contribution in [3.05, 3.63) is 69.3 Å². The van der Waals surface area contributed by atoms with Gasteiger partial charge in [0, 0.05) is 27.9 Å². The van der Waals surface area contributed by atoms with Crippen molar-refractivity contribution in [1.82, 2.24) is 9.88 Å². The summed E-state index contributed by atoms with van der Waals surface area (Å²) in [6, 6.07) is 8.04. The van der Waals surface area contributed by atoms with Crippen LogP contribution in [0.15, 0.2) is 42.7 Å². The summed E-state index contributed by atoms with van der Waals surface area (Å²) < 4.78 is 6.91. The Morgan fingerprint density at radius 3 is 2.68 bits per heavy atom. The van der Waals surface area contributed by atoms with E-state index in [9.17, 15) is 9.59 Å². The summed E-state index contributed by atoms with van der Waals surface area (Å²) in [6.07, 6.45) is 8.52. The Kier molecular flexibility index (Phi) is 6.34. The van der Waals surface area contributed by atoms with Gasteiger partial charge in [-0.3, -0.25) is 0 Å². The van der Waals surface area contributed by atoms with Crippen LogP contribution in [0.4, 0.5) is 10.5 Å². The number of carbonyl (C=O) groups excluding carboxylic acids is 2. The van der Waals surface area contributed by atoms with Crippen molar-refractivity contribution in [3.8, 4) is 5.00 Å². The highest BCUT2D eigenvalue weighted by Gasteiger charge is 2.26. The zero-order valence-corrected chi connectivity index (χ0v) is 19.0. The number of nitrogens with zero attached hydrogens (tertiary/aromatic N) is 1. The van der Waals surface area contributed by atoms with Crippen molar-refractivity contribution in [2.24, 2.45) is 0 Å². The van der Waals surface area contributed by atoms with Gasteiger partial charge in [0.05, 0.1) is 24.4 Å². The lowest BCUT2D eigenvalue weighted by atomic mass is 9.93. The van der Waals surface area contributed by atoms with Crippen molar-refractivity contribution in [2.75, 3.05) is 12.4 Å². The number of rotatable bonds is 5. The number of nitrogens with one attached hydrogen (secondary N) is 2. The maximum atomic E-state index is 12.8. The number of esters is 1. The lowest BCUT2D eigenvalue weighted by molar-refractivity contribution is 0.0602. The van der Waals surface area contributed by atoms with Gasteiger partial charge < -0.3 is 19.9 Å². The molecule has 0 unspecified atom stereocenters. The quantitative estimate of drug-likeness (QED) is 0.480. The molecule has 2 aromatic heterocycles. The first kappa shape index (κ1) is 21.5. The van der Waals surface area contributed by atoms with Crippen molar-refractivity contribution in [1.29, 1.82) is 0 Å². The molecule has 8 heteroatoms. The molecule has 31 heavy (non-hydrogen) atoms. The third kappa shape index (κ3) is 4.48. The number of fused-ring (bicyclic) bond motifs is 1. The molecule has 1 aromatic carbocycles. The number of aryl methyl sites for hydroxylation is 1. The van der Waals surface area contributed by atoms with E-state index in [0.29, 0.717) is 10.7 Å². The van der Waals surface area contributed by atoms with Gasteiger partial charge in [-0.1, -0.05) is 11.6 Å². The molecule has 2 N–H and O–H groups in total. The summed E-state index contributed by atoms with van der Waals surface area (Å²) >= 11 is 7.87. The van der Waals surface area contributed by atoms with Gasteiger partial charge in [-0.2, -0.15) is 0 Å². The second kappa shape index (κ2) is 9.16. The van der Waals surface area contributed by atoms with E-state index in [1.54, 1.807) is 17.4 Å². The molecule has 6 nitrogen and oxygen atoms in total. The lowest BCUT2D eigenvalue weighted by Crippen LogP contribution is -2.32. The van der Waals surface area contributed by atoms with Crippen molar-refractivity contribution < 1.29 is 14.3 Å². The molecule has 0 spiro atoms. The molecule has 0 saturated carbocycles. The summed E-state index contributed by atoms with van der Waals surface area (Å²) in [5.41, 5.74) is 3.06. The van der Waals surface area contributed by atoms with Gasteiger partial charge in [-0.05, 0) is 68.5 Å². The van der Waals surface area contributed by atoms with Crippen LogP contribution >= 0.6 is 22.9 Å². The largest absolute Gasteiger partial charge is 0.465 e. The number of methoxy groups -OCH3 is 1. The van der Waals surface area contributed by atoms with E-state index in [1.807, 2.05) is 31.5 Å². The Morgan fingerprint density at radius 1 is 1.19 bits per heavy atom. The van der Waals surface area contributed by atoms with Crippen molar-refractivity contribution >= 4 is 40.6 Å². The molecule has 0 fully saturated rings. The number of hydrogen-bond donors (Lipinski definition) is 2. The Bertz CT molecular complexity index is 1110. The molecule has 162 valence electrons. The normalized spacial score (nSPS) is 13.9. The van der Waals surface area contributed by atoms with Gasteiger partial charge in [0.2, 0.25) is 0 Å². The number of ether oxygens (including phenoxy) is 1. The summed E-state index contributed by atoms with van der Waals surface area (Å²) in [5, 5.41) is 7.35. The third-order valence-electron chi connectivity index (χ3n) is 5.45. The molecule has 3 aromatic rings. The van der Waals surface area contributed by atoms with Crippen LogP contribution < -0.4 is 10.6 Å². The highest BCUT2D eigenvalue weighted by atomic mass is 35.5. The minimum absolute atomic E-state index is 0.212. The molecule has 2 heterocycles. The topological polar surface area (TPSA) is 72.4 Å².